The molecule has 0 bridgehead atoms. The number of nitrogens with two attached hydrogens (primary N) is 1. The summed E-state index contributed by atoms with van der Waals surface area (Å²) in [7, 11) is 0. The van der Waals surface area contributed by atoms with E-state index >= 15 is 0 Å². The molecule has 1 atom stereocenters. The molecule has 0 radical (unpaired) electrons. The van der Waals surface area contributed by atoms with Crippen molar-refractivity contribution in [2.24, 2.45) is 5.73 Å². The molecule has 2 N–H and O–H groups in total. The van der Waals surface area contributed by atoms with Crippen molar-refractivity contribution < 1.29 is 13.2 Å². The van der Waals surface area contributed by atoms with Gasteiger partial charge in [0.2, 0.25) is 0 Å². The molecule has 0 saturated heterocycles. The number of rotatable bonds is 1. The van der Waals surface area contributed by atoms with Crippen molar-refractivity contribution in [2.75, 3.05) is 11.4 Å². The van der Waals surface area contributed by atoms with Gasteiger partial charge in [-0.3, -0.25) is 4.98 Å². The van der Waals surface area contributed by atoms with Crippen LogP contribution < -0.4 is 10.6 Å². The molecule has 22 heavy (non-hydrogen) atoms. The Balaban J connectivity index is 0.00000176. The minimum Gasteiger partial charge on any atom is -0.338 e. The summed E-state index contributed by atoms with van der Waals surface area (Å²) >= 11 is 0. The number of nitrogens with zero attached hydrogens (tertiary/aromatic N) is 2. The maximum Gasteiger partial charge on any atom is 0.416 e. The summed E-state index contributed by atoms with van der Waals surface area (Å²) in [5, 5.41) is 0. The van der Waals surface area contributed by atoms with Crippen LogP contribution in [0, 0.1) is 0 Å². The molecule has 0 fully saturated rings. The van der Waals surface area contributed by atoms with E-state index in [1.54, 1.807) is 6.20 Å². The number of fused-ring (bicyclic) bond motifs is 1. The van der Waals surface area contributed by atoms with Gasteiger partial charge in [0.1, 0.15) is 0 Å². The van der Waals surface area contributed by atoms with E-state index in [9.17, 15) is 13.2 Å². The Labute approximate surface area is 132 Å². The van der Waals surface area contributed by atoms with Gasteiger partial charge in [0.15, 0.2) is 0 Å². The molecule has 2 heterocycles. The zero-order valence-electron chi connectivity index (χ0n) is 11.5. The lowest BCUT2D eigenvalue weighted by Crippen LogP contribution is -2.41. The first-order valence-corrected chi connectivity index (χ1v) is 6.59. The van der Waals surface area contributed by atoms with Crippen LogP contribution in [0.1, 0.15) is 11.3 Å². The van der Waals surface area contributed by atoms with E-state index in [1.807, 2.05) is 17.0 Å². The third-order valence-corrected chi connectivity index (χ3v) is 3.54. The molecular weight excluding hydrogens is 315 g/mol. The highest BCUT2D eigenvalue weighted by atomic mass is 35.5. The standard InChI is InChI=1S/C15H14F3N3.ClH/c16-15(17,18)10-3-5-12(6-4-10)21-9-11(19)8-13-14(21)2-1-7-20-13;/h1-7,11H,8-9,19H2;1H. The van der Waals surface area contributed by atoms with Crippen molar-refractivity contribution in [3.05, 3.63) is 53.9 Å². The van der Waals surface area contributed by atoms with Gasteiger partial charge in [-0.2, -0.15) is 13.2 Å². The van der Waals surface area contributed by atoms with Crippen LogP contribution in [0.15, 0.2) is 42.6 Å². The average molecular weight is 330 g/mol. The molecule has 0 saturated carbocycles. The van der Waals surface area contributed by atoms with Gasteiger partial charge in [0, 0.05) is 30.9 Å². The Morgan fingerprint density at radius 3 is 2.45 bits per heavy atom. The second kappa shape index (κ2) is 6.14. The van der Waals surface area contributed by atoms with Crippen molar-refractivity contribution in [2.45, 2.75) is 18.6 Å². The van der Waals surface area contributed by atoms with Crippen molar-refractivity contribution in [1.82, 2.24) is 4.98 Å². The van der Waals surface area contributed by atoms with E-state index in [2.05, 4.69) is 4.98 Å². The fourth-order valence-electron chi connectivity index (χ4n) is 2.55. The van der Waals surface area contributed by atoms with Crippen molar-refractivity contribution in [1.29, 1.82) is 0 Å². The second-order valence-corrected chi connectivity index (χ2v) is 5.09. The highest BCUT2D eigenvalue weighted by Gasteiger charge is 2.31. The Kier molecular flexibility index (Phi) is 4.63. The van der Waals surface area contributed by atoms with Gasteiger partial charge < -0.3 is 10.6 Å². The summed E-state index contributed by atoms with van der Waals surface area (Å²) in [6.45, 7) is 0.560. The van der Waals surface area contributed by atoms with Crippen LogP contribution >= 0.6 is 12.4 Å². The molecule has 1 unspecified atom stereocenters. The molecular formula is C15H15ClF3N3. The Morgan fingerprint density at radius 1 is 1.14 bits per heavy atom. The summed E-state index contributed by atoms with van der Waals surface area (Å²) in [6, 6.07) is 8.75. The van der Waals surface area contributed by atoms with Gasteiger partial charge in [0.25, 0.3) is 0 Å². The van der Waals surface area contributed by atoms with E-state index < -0.39 is 11.7 Å². The quantitative estimate of drug-likeness (QED) is 0.870. The van der Waals surface area contributed by atoms with Gasteiger partial charge in [0.05, 0.1) is 16.9 Å². The van der Waals surface area contributed by atoms with E-state index in [1.165, 1.54) is 12.1 Å². The normalized spacial score (nSPS) is 17.6. The maximum absolute atomic E-state index is 12.6. The van der Waals surface area contributed by atoms with E-state index in [0.29, 0.717) is 18.7 Å². The Hall–Kier alpha value is -1.79. The topological polar surface area (TPSA) is 42.1 Å². The van der Waals surface area contributed by atoms with Crippen molar-refractivity contribution in [3.8, 4) is 0 Å². The zero-order chi connectivity index (χ0) is 15.0. The third-order valence-electron chi connectivity index (χ3n) is 3.54. The fourth-order valence-corrected chi connectivity index (χ4v) is 2.55. The Morgan fingerprint density at radius 2 is 1.82 bits per heavy atom. The lowest BCUT2D eigenvalue weighted by atomic mass is 10.0. The number of aromatic nitrogens is 1. The molecule has 3 rings (SSSR count). The van der Waals surface area contributed by atoms with Crippen molar-refractivity contribution in [3.63, 3.8) is 0 Å². The predicted molar refractivity (Wildman–Crippen MR) is 81.6 cm³/mol. The van der Waals surface area contributed by atoms with Crippen LogP contribution in [0.2, 0.25) is 0 Å². The first-order chi connectivity index (χ1) is 9.95. The highest BCUT2D eigenvalue weighted by Crippen LogP contribution is 2.34. The number of hydrogen-bond donors (Lipinski definition) is 1. The molecule has 7 heteroatoms. The molecule has 1 aliphatic rings. The highest BCUT2D eigenvalue weighted by molar-refractivity contribution is 5.85. The summed E-state index contributed by atoms with van der Waals surface area (Å²) in [6.07, 6.45) is -1.95. The number of pyridine rings is 1. The SMILES string of the molecule is Cl.NC1Cc2ncccc2N(c2ccc(C(F)(F)F)cc2)C1. The number of alkyl halides is 3. The first kappa shape index (κ1) is 16.6. The van der Waals surface area contributed by atoms with Crippen LogP contribution in [-0.4, -0.2) is 17.6 Å². The summed E-state index contributed by atoms with van der Waals surface area (Å²) < 4.78 is 37.9. The van der Waals surface area contributed by atoms with Gasteiger partial charge in [-0.1, -0.05) is 0 Å². The number of anilines is 2. The molecule has 118 valence electrons. The minimum absolute atomic E-state index is 0. The number of benzene rings is 1. The van der Waals surface area contributed by atoms with Crippen LogP contribution in [0.5, 0.6) is 0 Å². The second-order valence-electron chi connectivity index (χ2n) is 5.09. The molecule has 3 nitrogen and oxygen atoms in total. The minimum atomic E-state index is -4.32. The first-order valence-electron chi connectivity index (χ1n) is 6.59. The lowest BCUT2D eigenvalue weighted by molar-refractivity contribution is -0.137. The Bertz CT molecular complexity index is 643. The lowest BCUT2D eigenvalue weighted by Gasteiger charge is -2.34. The predicted octanol–water partition coefficient (Wildman–Crippen LogP) is 3.54. The van der Waals surface area contributed by atoms with Crippen molar-refractivity contribution >= 4 is 23.8 Å². The summed E-state index contributed by atoms with van der Waals surface area (Å²) in [4.78, 5) is 6.21. The molecule has 0 spiro atoms. The fraction of sp³-hybridized carbons (Fsp3) is 0.267. The molecule has 2 aromatic rings. The third kappa shape index (κ3) is 3.18. The molecule has 0 amide bonds. The van der Waals surface area contributed by atoms with Crippen LogP contribution in [0.3, 0.4) is 0 Å². The molecule has 1 aromatic heterocycles. The van der Waals surface area contributed by atoms with Crippen LogP contribution in [-0.2, 0) is 12.6 Å². The number of halogens is 4. The van der Waals surface area contributed by atoms with E-state index in [4.69, 9.17) is 5.73 Å². The van der Waals surface area contributed by atoms with Crippen LogP contribution in [0.4, 0.5) is 24.5 Å². The largest absolute Gasteiger partial charge is 0.416 e. The van der Waals surface area contributed by atoms with Gasteiger partial charge in [-0.15, -0.1) is 12.4 Å². The molecule has 1 aromatic carbocycles. The smallest absolute Gasteiger partial charge is 0.338 e. The van der Waals surface area contributed by atoms with E-state index in [-0.39, 0.29) is 18.4 Å². The van der Waals surface area contributed by atoms with Gasteiger partial charge >= 0.3 is 6.18 Å². The summed E-state index contributed by atoms with van der Waals surface area (Å²) in [5.74, 6) is 0. The van der Waals surface area contributed by atoms with Crippen LogP contribution in [0.25, 0.3) is 0 Å². The van der Waals surface area contributed by atoms with Gasteiger partial charge in [-0.25, -0.2) is 0 Å². The molecule has 1 aliphatic heterocycles. The zero-order valence-corrected chi connectivity index (χ0v) is 12.4. The maximum atomic E-state index is 12.6. The summed E-state index contributed by atoms with van der Waals surface area (Å²) in [5.41, 5.74) is 7.82. The monoisotopic (exact) mass is 329 g/mol. The number of hydrogen-bond acceptors (Lipinski definition) is 3. The van der Waals surface area contributed by atoms with E-state index in [0.717, 1.165) is 23.5 Å². The van der Waals surface area contributed by atoms with Gasteiger partial charge in [-0.05, 0) is 36.4 Å². The molecule has 0 aliphatic carbocycles. The average Bonchev–Trinajstić information content (AvgIpc) is 2.45.